The molecule has 5 heteroatoms. The summed E-state index contributed by atoms with van der Waals surface area (Å²) in [5, 5.41) is 11.8. The molecule has 1 saturated carbocycles. The van der Waals surface area contributed by atoms with Crippen molar-refractivity contribution in [3.05, 3.63) is 35.5 Å². The van der Waals surface area contributed by atoms with Crippen LogP contribution in [0.2, 0.25) is 0 Å². The Morgan fingerprint density at radius 3 is 3.00 bits per heavy atom. The zero-order valence-corrected chi connectivity index (χ0v) is 15.1. The number of H-pyrrole nitrogens is 1. The van der Waals surface area contributed by atoms with Crippen LogP contribution in [0.5, 0.6) is 0 Å². The van der Waals surface area contributed by atoms with Gasteiger partial charge in [0.05, 0.1) is 25.2 Å². The first-order valence-electron chi connectivity index (χ1n) is 9.76. The zero-order valence-electron chi connectivity index (χ0n) is 15.1. The van der Waals surface area contributed by atoms with Crippen LogP contribution >= 0.6 is 0 Å². The van der Waals surface area contributed by atoms with Crippen molar-refractivity contribution in [3.63, 3.8) is 0 Å². The summed E-state index contributed by atoms with van der Waals surface area (Å²) in [7, 11) is 1.43. The number of nitrogens with one attached hydrogen (secondary N) is 1. The van der Waals surface area contributed by atoms with Crippen molar-refractivity contribution in [1.82, 2.24) is 9.88 Å². The van der Waals surface area contributed by atoms with E-state index in [4.69, 9.17) is 4.74 Å². The average molecular weight is 354 g/mol. The number of carbonyl (C=O) groups excluding carboxylic acids is 1. The van der Waals surface area contributed by atoms with Gasteiger partial charge in [-0.25, -0.2) is 0 Å². The molecule has 2 fully saturated rings. The lowest BCUT2D eigenvalue weighted by Gasteiger charge is -2.50. The normalized spacial score (nSPS) is 34.0. The molecule has 1 aromatic carbocycles. The molecule has 2 unspecified atom stereocenters. The number of fused-ring (bicyclic) bond motifs is 6. The fourth-order valence-electron chi connectivity index (χ4n) is 5.80. The van der Waals surface area contributed by atoms with Gasteiger partial charge < -0.3 is 14.8 Å². The second kappa shape index (κ2) is 6.10. The maximum Gasteiger partial charge on any atom is 0.311 e. The number of aliphatic hydroxyl groups is 1. The third-order valence-corrected chi connectivity index (χ3v) is 7.02. The zero-order chi connectivity index (χ0) is 17.8. The number of aromatic amines is 1. The smallest absolute Gasteiger partial charge is 0.311 e. The summed E-state index contributed by atoms with van der Waals surface area (Å²) in [6.07, 6.45) is 3.14. The van der Waals surface area contributed by atoms with E-state index in [1.807, 2.05) is 0 Å². The summed E-state index contributed by atoms with van der Waals surface area (Å²) < 4.78 is 5.04. The first-order valence-corrected chi connectivity index (χ1v) is 9.76. The number of methoxy groups -OCH3 is 1. The molecule has 138 valence electrons. The van der Waals surface area contributed by atoms with Crippen LogP contribution in [-0.2, 0) is 16.0 Å². The van der Waals surface area contributed by atoms with Crippen LogP contribution in [0.15, 0.2) is 24.3 Å². The van der Waals surface area contributed by atoms with Gasteiger partial charge in [0.1, 0.15) is 0 Å². The Morgan fingerprint density at radius 1 is 1.31 bits per heavy atom. The molecule has 5 rings (SSSR count). The summed E-state index contributed by atoms with van der Waals surface area (Å²) in [6, 6.07) is 8.83. The summed E-state index contributed by atoms with van der Waals surface area (Å²) in [5.74, 6) is 0.0541. The number of piperidine rings is 1. The lowest BCUT2D eigenvalue weighted by molar-refractivity contribution is -0.160. The predicted octanol–water partition coefficient (Wildman–Crippen LogP) is 2.65. The second-order valence-electron chi connectivity index (χ2n) is 8.18. The molecule has 0 amide bonds. The molecule has 1 saturated heterocycles. The van der Waals surface area contributed by atoms with E-state index in [9.17, 15) is 9.90 Å². The van der Waals surface area contributed by atoms with E-state index in [1.54, 1.807) is 0 Å². The van der Waals surface area contributed by atoms with Crippen LogP contribution in [0.25, 0.3) is 10.9 Å². The van der Waals surface area contributed by atoms with Crippen molar-refractivity contribution in [1.29, 1.82) is 0 Å². The maximum atomic E-state index is 12.4. The first kappa shape index (κ1) is 16.3. The Labute approximate surface area is 153 Å². The van der Waals surface area contributed by atoms with Crippen molar-refractivity contribution in [3.8, 4) is 0 Å². The minimum Gasteiger partial charge on any atom is -0.469 e. The summed E-state index contributed by atoms with van der Waals surface area (Å²) in [5.41, 5.74) is 3.96. The van der Waals surface area contributed by atoms with E-state index in [0.29, 0.717) is 18.4 Å². The number of aromatic nitrogens is 1. The van der Waals surface area contributed by atoms with Crippen molar-refractivity contribution in [2.75, 3.05) is 20.2 Å². The van der Waals surface area contributed by atoms with E-state index in [2.05, 4.69) is 34.1 Å². The van der Waals surface area contributed by atoms with Crippen molar-refractivity contribution in [2.24, 2.45) is 17.8 Å². The van der Waals surface area contributed by atoms with E-state index < -0.39 is 6.10 Å². The van der Waals surface area contributed by atoms with Crippen molar-refractivity contribution in [2.45, 2.75) is 37.8 Å². The Hall–Kier alpha value is -1.85. The van der Waals surface area contributed by atoms with Crippen LogP contribution < -0.4 is 0 Å². The number of hydrogen-bond donors (Lipinski definition) is 2. The largest absolute Gasteiger partial charge is 0.469 e. The molecule has 3 heterocycles. The minimum atomic E-state index is -0.568. The fourth-order valence-corrected chi connectivity index (χ4v) is 5.80. The van der Waals surface area contributed by atoms with Gasteiger partial charge in [0.15, 0.2) is 0 Å². The number of ether oxygens (including phenoxy) is 1. The molecule has 2 aromatic rings. The third-order valence-electron chi connectivity index (χ3n) is 7.02. The van der Waals surface area contributed by atoms with E-state index in [-0.39, 0.29) is 17.8 Å². The molecule has 26 heavy (non-hydrogen) atoms. The average Bonchev–Trinajstić information content (AvgIpc) is 3.05. The molecule has 2 aliphatic heterocycles. The topological polar surface area (TPSA) is 65.6 Å². The van der Waals surface area contributed by atoms with Crippen LogP contribution in [0.4, 0.5) is 0 Å². The highest BCUT2D eigenvalue weighted by atomic mass is 16.5. The van der Waals surface area contributed by atoms with Crippen LogP contribution in [-0.4, -0.2) is 47.3 Å². The summed E-state index contributed by atoms with van der Waals surface area (Å²) in [4.78, 5) is 18.6. The summed E-state index contributed by atoms with van der Waals surface area (Å²) >= 11 is 0. The molecule has 2 N–H and O–H groups in total. The van der Waals surface area contributed by atoms with Crippen LogP contribution in [0.1, 0.15) is 36.6 Å². The van der Waals surface area contributed by atoms with Crippen molar-refractivity contribution < 1.29 is 14.6 Å². The molecular formula is C21H26N2O3. The first-order chi connectivity index (χ1) is 12.7. The third kappa shape index (κ3) is 2.33. The Morgan fingerprint density at radius 2 is 2.15 bits per heavy atom. The lowest BCUT2D eigenvalue weighted by atomic mass is 9.65. The van der Waals surface area contributed by atoms with Gasteiger partial charge in [-0.3, -0.25) is 9.69 Å². The Bertz CT molecular complexity index is 845. The molecule has 0 spiro atoms. The molecule has 3 aliphatic rings. The van der Waals surface area contributed by atoms with Gasteiger partial charge in [0.2, 0.25) is 0 Å². The minimum absolute atomic E-state index is 0.199. The highest BCUT2D eigenvalue weighted by molar-refractivity contribution is 5.85. The maximum absolute atomic E-state index is 12.4. The number of aliphatic hydroxyl groups excluding tert-OH is 1. The van der Waals surface area contributed by atoms with Gasteiger partial charge in [-0.1, -0.05) is 18.2 Å². The highest BCUT2D eigenvalue weighted by Gasteiger charge is 2.49. The quantitative estimate of drug-likeness (QED) is 0.773. The number of esters is 1. The highest BCUT2D eigenvalue weighted by Crippen LogP contribution is 2.49. The van der Waals surface area contributed by atoms with Gasteiger partial charge in [-0.2, -0.15) is 0 Å². The number of rotatable bonds is 1. The summed E-state index contributed by atoms with van der Waals surface area (Å²) in [6.45, 7) is 2.10. The standard InChI is InChI=1S/C21H26N2O3/c1-26-21(25)19-15-10-17-20-14(13-4-2-3-5-16(13)22-20)8-9-23(17)11-12(15)6-7-18(19)24/h2-5,12,15,17-19,22,24H,6-11H2,1H3/t12-,15-,17+,18?,19?/m1/s1. The molecule has 1 aromatic heterocycles. The molecule has 5 nitrogen and oxygen atoms in total. The van der Waals surface area contributed by atoms with Gasteiger partial charge in [-0.15, -0.1) is 0 Å². The van der Waals surface area contributed by atoms with E-state index >= 15 is 0 Å². The van der Waals surface area contributed by atoms with Crippen LogP contribution in [0.3, 0.4) is 0 Å². The van der Waals surface area contributed by atoms with E-state index in [0.717, 1.165) is 32.4 Å². The van der Waals surface area contributed by atoms with Gasteiger partial charge in [0, 0.05) is 29.7 Å². The number of carbonyl (C=O) groups is 1. The number of para-hydroxylation sites is 1. The Balaban J connectivity index is 1.52. The van der Waals surface area contributed by atoms with Gasteiger partial charge >= 0.3 is 5.97 Å². The van der Waals surface area contributed by atoms with Crippen LogP contribution in [0, 0.1) is 17.8 Å². The van der Waals surface area contributed by atoms with Gasteiger partial charge in [0.25, 0.3) is 0 Å². The van der Waals surface area contributed by atoms with E-state index in [1.165, 1.54) is 29.3 Å². The van der Waals surface area contributed by atoms with Crippen molar-refractivity contribution >= 4 is 16.9 Å². The fraction of sp³-hybridized carbons (Fsp3) is 0.571. The van der Waals surface area contributed by atoms with Gasteiger partial charge in [-0.05, 0) is 49.1 Å². The SMILES string of the molecule is COC(=O)C1C(O)CC[C@@H]2CN3CCc4c([nH]c5ccccc45)[C@@H]3C[C@@H]12. The second-order valence-corrected chi connectivity index (χ2v) is 8.18. The number of hydrogen-bond acceptors (Lipinski definition) is 4. The Kier molecular flexibility index (Phi) is 3.83. The number of benzene rings is 1. The molecular weight excluding hydrogens is 328 g/mol. The number of nitrogens with zero attached hydrogens (tertiary/aromatic N) is 1. The predicted molar refractivity (Wildman–Crippen MR) is 98.7 cm³/mol. The monoisotopic (exact) mass is 354 g/mol. The lowest BCUT2D eigenvalue weighted by Crippen LogP contribution is -2.53. The molecule has 0 bridgehead atoms. The molecule has 0 radical (unpaired) electrons. The molecule has 1 aliphatic carbocycles. The molecule has 5 atom stereocenters.